The Bertz CT molecular complexity index is 199. The predicted octanol–water partition coefficient (Wildman–Crippen LogP) is 1.76. The highest BCUT2D eigenvalue weighted by Gasteiger charge is 2.30. The van der Waals surface area contributed by atoms with Gasteiger partial charge in [0.2, 0.25) is 0 Å². The molecule has 0 unspecified atom stereocenters. The lowest BCUT2D eigenvalue weighted by Crippen LogP contribution is -2.47. The molecule has 0 saturated carbocycles. The molecule has 0 atom stereocenters. The van der Waals surface area contributed by atoms with Gasteiger partial charge in [-0.1, -0.05) is 0 Å². The molecule has 0 amide bonds. The Morgan fingerprint density at radius 3 is 2.06 bits per heavy atom. The molecule has 0 aromatic carbocycles. The zero-order chi connectivity index (χ0) is 12.6. The highest BCUT2D eigenvalue weighted by molar-refractivity contribution is 4.51. The van der Waals surface area contributed by atoms with E-state index in [0.717, 1.165) is 6.73 Å². The molecule has 6 nitrogen and oxygen atoms in total. The second-order valence-electron chi connectivity index (χ2n) is 4.38. The third-order valence-corrected chi connectivity index (χ3v) is 2.87. The minimum absolute atomic E-state index is 0.382. The number of ether oxygens (including phenoxy) is 1. The maximum absolute atomic E-state index is 8.25. The average Bonchev–Trinajstić information content (AvgIpc) is 2.63. The van der Waals surface area contributed by atoms with Crippen LogP contribution in [0.5, 0.6) is 0 Å². The van der Waals surface area contributed by atoms with Crippen molar-refractivity contribution in [2.24, 2.45) is 0 Å². The minimum atomic E-state index is -1.75. The van der Waals surface area contributed by atoms with Crippen LogP contribution in [0.15, 0.2) is 0 Å². The van der Waals surface area contributed by atoms with E-state index in [-0.39, 0.29) is 0 Å². The predicted molar refractivity (Wildman–Crippen MR) is 61.2 cm³/mol. The Labute approximate surface area is 96.5 Å². The summed E-state index contributed by atoms with van der Waals surface area (Å²) in [6.07, 6.45) is 3.15. The molecule has 0 aromatic heterocycles. The molecule has 0 aromatic rings. The van der Waals surface area contributed by atoms with Crippen molar-refractivity contribution in [2.75, 3.05) is 26.4 Å². The van der Waals surface area contributed by atoms with E-state index in [4.69, 9.17) is 20.1 Å². The highest BCUT2D eigenvalue weighted by atomic mass is 16.9. The zero-order valence-corrected chi connectivity index (χ0v) is 10.3. The van der Waals surface area contributed by atoms with Crippen LogP contribution in [0.25, 0.3) is 0 Å². The van der Waals surface area contributed by atoms with Gasteiger partial charge in [-0.25, -0.2) is 0 Å². The van der Waals surface area contributed by atoms with Crippen molar-refractivity contribution in [2.45, 2.75) is 39.7 Å². The fraction of sp³-hybridized carbons (Fsp3) is 1.00. The van der Waals surface area contributed by atoms with Crippen molar-refractivity contribution in [1.82, 2.24) is 0 Å². The first-order valence-corrected chi connectivity index (χ1v) is 5.70. The Hall–Kier alpha value is -0.880. The van der Waals surface area contributed by atoms with Crippen molar-refractivity contribution in [1.29, 1.82) is 0 Å². The van der Waals surface area contributed by atoms with Crippen LogP contribution in [0, 0.1) is 15.3 Å². The molecule has 0 N–H and O–H groups in total. The molecular formula is C10H22N2O4. The number of hydrogen-bond donors (Lipinski definition) is 0. The topological polar surface area (TPSA) is 75.4 Å². The molecule has 1 aliphatic heterocycles. The molecule has 6 heteroatoms. The van der Waals surface area contributed by atoms with Crippen LogP contribution >= 0.6 is 0 Å². The van der Waals surface area contributed by atoms with E-state index in [0.29, 0.717) is 6.10 Å². The summed E-state index contributed by atoms with van der Waals surface area (Å²) in [5, 5.41) is 14.8. The molecule has 0 spiro atoms. The second kappa shape index (κ2) is 7.40. The van der Waals surface area contributed by atoms with Crippen molar-refractivity contribution in [3.63, 3.8) is 0 Å². The first-order chi connectivity index (χ1) is 7.42. The molecule has 0 aliphatic carbocycles. The molecule has 1 heterocycles. The van der Waals surface area contributed by atoms with E-state index in [9.17, 15) is 0 Å². The smallest absolute Gasteiger partial charge is 0.183 e. The van der Waals surface area contributed by atoms with Crippen LogP contribution in [-0.2, 0) is 4.74 Å². The second-order valence-corrected chi connectivity index (χ2v) is 4.38. The SMILES string of the molecule is CC[N+]1(COC(C)C)CCCC1.O=[N+]([O-])[O-]. The summed E-state index contributed by atoms with van der Waals surface area (Å²) in [4.78, 5) is 8.25. The van der Waals surface area contributed by atoms with Gasteiger partial charge in [0.25, 0.3) is 0 Å². The molecule has 16 heavy (non-hydrogen) atoms. The van der Waals surface area contributed by atoms with Gasteiger partial charge in [0.1, 0.15) is 0 Å². The quantitative estimate of drug-likeness (QED) is 0.422. The Morgan fingerprint density at radius 1 is 1.31 bits per heavy atom. The summed E-state index contributed by atoms with van der Waals surface area (Å²) in [6, 6.07) is 0. The molecule has 96 valence electrons. The third kappa shape index (κ3) is 6.58. The molecule has 1 rings (SSSR count). The van der Waals surface area contributed by atoms with Gasteiger partial charge in [-0.15, -0.1) is 0 Å². The van der Waals surface area contributed by atoms with E-state index < -0.39 is 5.09 Å². The lowest BCUT2D eigenvalue weighted by Gasteiger charge is -2.33. The maximum Gasteiger partial charge on any atom is 0.183 e. The van der Waals surface area contributed by atoms with E-state index >= 15 is 0 Å². The van der Waals surface area contributed by atoms with Gasteiger partial charge in [-0.3, -0.25) is 0 Å². The van der Waals surface area contributed by atoms with Crippen LogP contribution in [-0.4, -0.2) is 42.0 Å². The normalized spacial score (nSPS) is 18.0. The standard InChI is InChI=1S/C10H22NO.NO3/c1-4-11(7-5-6-8-11)9-12-10(2)3;2-1(3)4/h10H,4-9H2,1-3H3;/q+1;-1. The van der Waals surface area contributed by atoms with Crippen molar-refractivity contribution in [3.05, 3.63) is 15.3 Å². The molecule has 1 fully saturated rings. The highest BCUT2D eigenvalue weighted by Crippen LogP contribution is 2.19. The summed E-state index contributed by atoms with van der Waals surface area (Å²) in [6.45, 7) is 11.3. The lowest BCUT2D eigenvalue weighted by atomic mass is 10.4. The van der Waals surface area contributed by atoms with Gasteiger partial charge in [-0.2, -0.15) is 0 Å². The van der Waals surface area contributed by atoms with E-state index in [1.54, 1.807) is 0 Å². The minimum Gasteiger partial charge on any atom is -0.356 e. The number of hydrogen-bond acceptors (Lipinski definition) is 4. The number of rotatable bonds is 4. The zero-order valence-electron chi connectivity index (χ0n) is 10.3. The number of nitrogens with zero attached hydrogens (tertiary/aromatic N) is 2. The lowest BCUT2D eigenvalue weighted by molar-refractivity contribution is -0.934. The average molecular weight is 234 g/mol. The summed E-state index contributed by atoms with van der Waals surface area (Å²) in [5.41, 5.74) is 0. The Balaban J connectivity index is 0.000000487. The van der Waals surface area contributed by atoms with E-state index in [1.165, 1.54) is 37.0 Å². The van der Waals surface area contributed by atoms with Gasteiger partial charge in [0, 0.05) is 12.8 Å². The van der Waals surface area contributed by atoms with Gasteiger partial charge in [0.15, 0.2) is 6.73 Å². The third-order valence-electron chi connectivity index (χ3n) is 2.87. The number of likely N-dealkylation sites (tertiary alicyclic amines) is 1. The maximum atomic E-state index is 8.25. The fourth-order valence-corrected chi connectivity index (χ4v) is 1.85. The fourth-order valence-electron chi connectivity index (χ4n) is 1.85. The van der Waals surface area contributed by atoms with E-state index in [1.807, 2.05) is 0 Å². The molecule has 1 aliphatic rings. The largest absolute Gasteiger partial charge is 0.356 e. The Kier molecular flexibility index (Phi) is 7.00. The molecule has 0 bridgehead atoms. The van der Waals surface area contributed by atoms with Crippen molar-refractivity contribution in [3.8, 4) is 0 Å². The first-order valence-electron chi connectivity index (χ1n) is 5.70. The van der Waals surface area contributed by atoms with Crippen LogP contribution in [0.2, 0.25) is 0 Å². The van der Waals surface area contributed by atoms with Crippen LogP contribution in [0.1, 0.15) is 33.6 Å². The van der Waals surface area contributed by atoms with Gasteiger partial charge < -0.3 is 24.5 Å². The molecule has 1 saturated heterocycles. The summed E-state index contributed by atoms with van der Waals surface area (Å²) < 4.78 is 6.88. The molecular weight excluding hydrogens is 212 g/mol. The van der Waals surface area contributed by atoms with Crippen LogP contribution in [0.4, 0.5) is 0 Å². The summed E-state index contributed by atoms with van der Waals surface area (Å²) >= 11 is 0. The van der Waals surface area contributed by atoms with Gasteiger partial charge in [-0.05, 0) is 20.8 Å². The van der Waals surface area contributed by atoms with Crippen molar-refractivity contribution < 1.29 is 14.3 Å². The summed E-state index contributed by atoms with van der Waals surface area (Å²) in [5.74, 6) is 0. The molecule has 0 radical (unpaired) electrons. The van der Waals surface area contributed by atoms with Crippen LogP contribution in [0.3, 0.4) is 0 Å². The first kappa shape index (κ1) is 15.1. The monoisotopic (exact) mass is 234 g/mol. The van der Waals surface area contributed by atoms with Crippen molar-refractivity contribution >= 4 is 0 Å². The Morgan fingerprint density at radius 2 is 1.75 bits per heavy atom. The summed E-state index contributed by atoms with van der Waals surface area (Å²) in [7, 11) is 0. The number of quaternary nitrogens is 1. The van der Waals surface area contributed by atoms with Gasteiger partial charge in [0.05, 0.1) is 30.8 Å². The van der Waals surface area contributed by atoms with Gasteiger partial charge >= 0.3 is 0 Å². The van der Waals surface area contributed by atoms with Crippen LogP contribution < -0.4 is 0 Å². The van der Waals surface area contributed by atoms with E-state index in [2.05, 4.69) is 20.8 Å².